The number of aromatic nitrogens is 1. The summed E-state index contributed by atoms with van der Waals surface area (Å²) >= 11 is 0. The van der Waals surface area contributed by atoms with Gasteiger partial charge in [0, 0.05) is 23.3 Å². The van der Waals surface area contributed by atoms with Crippen LogP contribution < -0.4 is 5.32 Å². The molecule has 0 spiro atoms. The Labute approximate surface area is 151 Å². The van der Waals surface area contributed by atoms with E-state index in [-0.39, 0.29) is 6.29 Å². The van der Waals surface area contributed by atoms with Gasteiger partial charge in [0.1, 0.15) is 7.14 Å². The third kappa shape index (κ3) is 4.24. The number of para-hydroxylation sites is 1. The van der Waals surface area contributed by atoms with Gasteiger partial charge in [-0.2, -0.15) is 0 Å². The summed E-state index contributed by atoms with van der Waals surface area (Å²) in [5.41, 5.74) is 2.00. The first-order chi connectivity index (χ1) is 12.5. The molecule has 5 nitrogen and oxygen atoms in total. The fourth-order valence-electron chi connectivity index (χ4n) is 2.75. The van der Waals surface area contributed by atoms with Gasteiger partial charge in [-0.05, 0) is 18.3 Å². The second-order valence-corrected chi connectivity index (χ2v) is 9.53. The van der Waals surface area contributed by atoms with E-state index in [1.165, 1.54) is 0 Å². The van der Waals surface area contributed by atoms with E-state index in [1.807, 2.05) is 30.3 Å². The highest BCUT2D eigenvalue weighted by atomic mass is 31.2. The van der Waals surface area contributed by atoms with Crippen LogP contribution in [0.1, 0.15) is 15.9 Å². The molecule has 0 saturated carbocycles. The van der Waals surface area contributed by atoms with Crippen molar-refractivity contribution < 1.29 is 14.2 Å². The van der Waals surface area contributed by atoms with Crippen LogP contribution in [0.15, 0.2) is 66.9 Å². The van der Waals surface area contributed by atoms with Gasteiger partial charge >= 0.3 is 0 Å². The number of hydrogen-bond acceptors (Lipinski definition) is 4. The molecule has 1 heterocycles. The lowest BCUT2D eigenvalue weighted by atomic mass is 10.1. The number of carbonyl (C=O) groups excluding carboxylic acids is 2. The number of fused-ring (bicyclic) bond motifs is 1. The maximum Gasteiger partial charge on any atom is 0.292 e. The van der Waals surface area contributed by atoms with Crippen molar-refractivity contribution in [2.45, 2.75) is 6.16 Å². The van der Waals surface area contributed by atoms with E-state index in [1.54, 1.807) is 43.2 Å². The molecule has 2 aromatic carbocycles. The highest BCUT2D eigenvalue weighted by molar-refractivity contribution is 7.62. The van der Waals surface area contributed by atoms with E-state index < -0.39 is 18.8 Å². The highest BCUT2D eigenvalue weighted by Crippen LogP contribution is 2.44. The summed E-state index contributed by atoms with van der Waals surface area (Å²) in [6, 6.07) is 17.9. The summed E-state index contributed by atoms with van der Waals surface area (Å²) in [5, 5.41) is 3.50. The number of Topliss-reactive ketones (excluding diaryl/α,β-unsaturated/α-hetero) is 1. The highest BCUT2D eigenvalue weighted by Gasteiger charge is 2.22. The molecule has 0 saturated heterocycles. The average Bonchev–Trinajstić information content (AvgIpc) is 2.66. The summed E-state index contributed by atoms with van der Waals surface area (Å²) < 4.78 is 12.9. The quantitative estimate of drug-likeness (QED) is 0.410. The van der Waals surface area contributed by atoms with Crippen LogP contribution in [-0.2, 0) is 15.5 Å². The molecule has 3 rings (SSSR count). The summed E-state index contributed by atoms with van der Waals surface area (Å²) in [5.74, 6) is -1.37. The normalized spacial score (nSPS) is 13.1. The largest absolute Gasteiger partial charge is 0.342 e. The number of carbonyl (C=O) groups is 2. The van der Waals surface area contributed by atoms with Gasteiger partial charge in [0.05, 0.1) is 11.8 Å². The second-order valence-electron chi connectivity index (χ2n) is 6.31. The van der Waals surface area contributed by atoms with Gasteiger partial charge in [-0.3, -0.25) is 14.6 Å². The first kappa shape index (κ1) is 18.0. The predicted molar refractivity (Wildman–Crippen MR) is 103 cm³/mol. The fraction of sp³-hybridized carbons (Fsp3) is 0.150. The summed E-state index contributed by atoms with van der Waals surface area (Å²) in [6.45, 7) is 1.63. The van der Waals surface area contributed by atoms with Gasteiger partial charge in [-0.15, -0.1) is 0 Å². The van der Waals surface area contributed by atoms with Crippen LogP contribution in [-0.4, -0.2) is 29.6 Å². The van der Waals surface area contributed by atoms with Gasteiger partial charge < -0.3 is 9.88 Å². The van der Waals surface area contributed by atoms with Crippen molar-refractivity contribution in [2.24, 2.45) is 0 Å². The molecule has 26 heavy (non-hydrogen) atoms. The van der Waals surface area contributed by atoms with Crippen LogP contribution in [0, 0.1) is 0 Å². The number of rotatable bonds is 6. The Morgan fingerprint density at radius 2 is 1.73 bits per heavy atom. The molecule has 0 radical (unpaired) electrons. The number of nitrogens with zero attached hydrogens (tertiary/aromatic N) is 1. The molecular formula is C20H19N2O3P. The Morgan fingerprint density at radius 1 is 1.00 bits per heavy atom. The number of nitrogens with one attached hydrogen (secondary N) is 1. The van der Waals surface area contributed by atoms with Crippen molar-refractivity contribution in [3.63, 3.8) is 0 Å². The van der Waals surface area contributed by atoms with E-state index in [0.717, 1.165) is 16.5 Å². The van der Waals surface area contributed by atoms with Gasteiger partial charge in [0.2, 0.25) is 5.78 Å². The lowest BCUT2D eigenvalue weighted by Crippen LogP contribution is -2.31. The van der Waals surface area contributed by atoms with Crippen LogP contribution >= 0.6 is 7.14 Å². The zero-order valence-corrected chi connectivity index (χ0v) is 15.3. The summed E-state index contributed by atoms with van der Waals surface area (Å²) in [6.07, 6.45) is 1.97. The first-order valence-corrected chi connectivity index (χ1v) is 10.7. The molecule has 0 bridgehead atoms. The average molecular weight is 366 g/mol. The number of benzene rings is 2. The van der Waals surface area contributed by atoms with E-state index in [2.05, 4.69) is 10.3 Å². The van der Waals surface area contributed by atoms with E-state index in [0.29, 0.717) is 11.7 Å². The third-order valence-electron chi connectivity index (χ3n) is 4.04. The number of pyridine rings is 1. The Balaban J connectivity index is 1.68. The molecule has 0 fully saturated rings. The first-order valence-electron chi connectivity index (χ1n) is 8.22. The second kappa shape index (κ2) is 7.63. The Morgan fingerprint density at radius 3 is 2.50 bits per heavy atom. The minimum absolute atomic E-state index is 0.0341. The van der Waals surface area contributed by atoms with Crippen LogP contribution in [0.25, 0.3) is 10.9 Å². The van der Waals surface area contributed by atoms with Crippen molar-refractivity contribution in [2.75, 3.05) is 13.0 Å². The SMILES string of the molecule is CP(=O)(CNC(=O)C(=O)c1ccccc1)Cc1cccc2cccnc12. The minimum atomic E-state index is -2.73. The zero-order valence-electron chi connectivity index (χ0n) is 14.4. The molecule has 1 unspecified atom stereocenters. The number of ketones is 1. The molecule has 0 aliphatic rings. The monoisotopic (exact) mass is 366 g/mol. The number of amides is 1. The smallest absolute Gasteiger partial charge is 0.292 e. The van der Waals surface area contributed by atoms with E-state index >= 15 is 0 Å². The van der Waals surface area contributed by atoms with Gasteiger partial charge in [0.15, 0.2) is 0 Å². The lowest BCUT2D eigenvalue weighted by Gasteiger charge is -2.15. The molecule has 132 valence electrons. The van der Waals surface area contributed by atoms with Crippen LogP contribution in [0.2, 0.25) is 0 Å². The third-order valence-corrected chi connectivity index (χ3v) is 5.87. The lowest BCUT2D eigenvalue weighted by molar-refractivity contribution is -0.116. The maximum atomic E-state index is 12.9. The van der Waals surface area contributed by atoms with Crippen molar-refractivity contribution in [1.29, 1.82) is 0 Å². The fourth-order valence-corrected chi connectivity index (χ4v) is 4.32. The predicted octanol–water partition coefficient (Wildman–Crippen LogP) is 3.68. The summed E-state index contributed by atoms with van der Waals surface area (Å²) in [7, 11) is -2.73. The number of hydrogen-bond donors (Lipinski definition) is 1. The summed E-state index contributed by atoms with van der Waals surface area (Å²) in [4.78, 5) is 28.5. The molecule has 1 atom stereocenters. The van der Waals surface area contributed by atoms with Crippen LogP contribution in [0.3, 0.4) is 0 Å². The van der Waals surface area contributed by atoms with E-state index in [4.69, 9.17) is 0 Å². The van der Waals surface area contributed by atoms with Gasteiger partial charge in [0.25, 0.3) is 5.91 Å². The molecular weight excluding hydrogens is 347 g/mol. The maximum absolute atomic E-state index is 12.9. The van der Waals surface area contributed by atoms with Crippen molar-refractivity contribution in [1.82, 2.24) is 10.3 Å². The molecule has 1 aromatic heterocycles. The Kier molecular flexibility index (Phi) is 5.29. The van der Waals surface area contributed by atoms with Crippen molar-refractivity contribution >= 4 is 29.7 Å². The molecule has 3 aromatic rings. The molecule has 0 aliphatic carbocycles. The zero-order chi connectivity index (χ0) is 18.6. The van der Waals surface area contributed by atoms with Crippen LogP contribution in [0.4, 0.5) is 0 Å². The van der Waals surface area contributed by atoms with Gasteiger partial charge in [-0.1, -0.05) is 54.6 Å². The molecule has 1 amide bonds. The van der Waals surface area contributed by atoms with Crippen molar-refractivity contribution in [3.05, 3.63) is 78.0 Å². The van der Waals surface area contributed by atoms with Crippen LogP contribution in [0.5, 0.6) is 0 Å². The standard InChI is InChI=1S/C20H19N2O3P/c1-26(25,13-17-10-5-9-15-11-6-12-21-18(15)17)14-22-20(24)19(23)16-7-3-2-4-8-16/h2-12H,13-14H2,1H3,(H,22,24). The molecule has 0 aliphatic heterocycles. The minimum Gasteiger partial charge on any atom is -0.342 e. The van der Waals surface area contributed by atoms with E-state index in [9.17, 15) is 14.2 Å². The Bertz CT molecular complexity index is 997. The molecule has 1 N–H and O–H groups in total. The van der Waals surface area contributed by atoms with Crippen molar-refractivity contribution in [3.8, 4) is 0 Å². The topological polar surface area (TPSA) is 76.1 Å². The van der Waals surface area contributed by atoms with Gasteiger partial charge in [-0.25, -0.2) is 0 Å². The molecule has 6 heteroatoms. The Hall–Kier alpha value is -2.78.